The molecule has 1 aliphatic carbocycles. The number of carbonyl (C=O) groups is 2. The van der Waals surface area contributed by atoms with Crippen LogP contribution in [0.2, 0.25) is 0 Å². The van der Waals surface area contributed by atoms with Crippen molar-refractivity contribution in [3.8, 4) is 0 Å². The summed E-state index contributed by atoms with van der Waals surface area (Å²) in [5.41, 5.74) is 2.71. The Bertz CT molecular complexity index is 1200. The molecule has 0 spiro atoms. The van der Waals surface area contributed by atoms with Gasteiger partial charge in [-0.1, -0.05) is 76.2 Å². The molecule has 0 radical (unpaired) electrons. The van der Waals surface area contributed by atoms with Gasteiger partial charge in [0.25, 0.3) is 5.91 Å². The Kier molecular flexibility index (Phi) is 7.98. The van der Waals surface area contributed by atoms with E-state index in [1.165, 1.54) is 13.2 Å². The van der Waals surface area contributed by atoms with Crippen LogP contribution in [-0.4, -0.2) is 36.5 Å². The van der Waals surface area contributed by atoms with E-state index in [0.717, 1.165) is 16.8 Å². The third kappa shape index (κ3) is 5.85. The molecule has 2 aliphatic rings. The van der Waals surface area contributed by atoms with Crippen LogP contribution < -0.4 is 5.32 Å². The first-order chi connectivity index (χ1) is 17.6. The summed E-state index contributed by atoms with van der Waals surface area (Å²) >= 11 is 0. The molecule has 2 aromatic carbocycles. The quantitative estimate of drug-likeness (QED) is 0.516. The summed E-state index contributed by atoms with van der Waals surface area (Å²) in [7, 11) is 1.53. The number of benzene rings is 2. The third-order valence-electron chi connectivity index (χ3n) is 7.38. The standard InChI is InChI=1S/C31H37FN2O3/c1-20-17-25(26(32)19-27(20)37-5)30(36)34-16-10-15-24(28(34)21-11-7-6-8-12-21)29(35)33-23-14-9-13-22(18-23)31(2,3)4/h6-9,11-14,17-20,24,27-28H,10,15-16H2,1-5H3,(H,33,35)/t20?,24-,27?,28-/m0/s1. The number of likely N-dealkylation sites (tertiary alicyclic amines) is 1. The molecule has 1 aliphatic heterocycles. The van der Waals surface area contributed by atoms with E-state index in [9.17, 15) is 9.59 Å². The summed E-state index contributed by atoms with van der Waals surface area (Å²) in [5, 5.41) is 3.10. The number of methoxy groups -OCH3 is 1. The lowest BCUT2D eigenvalue weighted by molar-refractivity contribution is -0.135. The second-order valence-corrected chi connectivity index (χ2v) is 11.1. The van der Waals surface area contributed by atoms with Crippen molar-refractivity contribution in [1.29, 1.82) is 0 Å². The van der Waals surface area contributed by atoms with Crippen molar-refractivity contribution in [2.24, 2.45) is 11.8 Å². The number of halogens is 1. The highest BCUT2D eigenvalue weighted by Crippen LogP contribution is 2.39. The maximum atomic E-state index is 15.1. The second-order valence-electron chi connectivity index (χ2n) is 11.1. The molecule has 5 nitrogen and oxygen atoms in total. The van der Waals surface area contributed by atoms with Crippen molar-refractivity contribution in [3.63, 3.8) is 0 Å². The fourth-order valence-electron chi connectivity index (χ4n) is 5.29. The molecule has 37 heavy (non-hydrogen) atoms. The van der Waals surface area contributed by atoms with E-state index in [1.807, 2.05) is 55.5 Å². The summed E-state index contributed by atoms with van der Waals surface area (Å²) in [6, 6.07) is 17.0. The number of rotatable bonds is 5. The van der Waals surface area contributed by atoms with Gasteiger partial charge in [-0.15, -0.1) is 0 Å². The minimum absolute atomic E-state index is 0.0423. The summed E-state index contributed by atoms with van der Waals surface area (Å²) < 4.78 is 20.4. The van der Waals surface area contributed by atoms with Crippen LogP contribution in [0.4, 0.5) is 10.1 Å². The largest absolute Gasteiger partial charge is 0.377 e. The fourth-order valence-corrected chi connectivity index (χ4v) is 5.29. The van der Waals surface area contributed by atoms with Crippen LogP contribution in [0.25, 0.3) is 0 Å². The van der Waals surface area contributed by atoms with Crippen molar-refractivity contribution in [1.82, 2.24) is 4.90 Å². The van der Waals surface area contributed by atoms with Gasteiger partial charge in [0.15, 0.2) is 0 Å². The molecule has 2 unspecified atom stereocenters. The number of nitrogens with zero attached hydrogens (tertiary/aromatic N) is 1. The van der Waals surface area contributed by atoms with E-state index in [-0.39, 0.29) is 22.8 Å². The van der Waals surface area contributed by atoms with Gasteiger partial charge in [-0.25, -0.2) is 4.39 Å². The van der Waals surface area contributed by atoms with E-state index in [4.69, 9.17) is 4.74 Å². The molecule has 6 heteroatoms. The number of nitrogens with one attached hydrogen (secondary N) is 1. The molecule has 1 N–H and O–H groups in total. The average Bonchev–Trinajstić information content (AvgIpc) is 2.89. The van der Waals surface area contributed by atoms with Gasteiger partial charge in [-0.3, -0.25) is 9.59 Å². The van der Waals surface area contributed by atoms with Crippen LogP contribution in [0.1, 0.15) is 57.7 Å². The smallest absolute Gasteiger partial charge is 0.257 e. The average molecular weight is 505 g/mol. The zero-order valence-electron chi connectivity index (χ0n) is 22.3. The molecule has 4 rings (SSSR count). The van der Waals surface area contributed by atoms with Crippen molar-refractivity contribution < 1.29 is 18.7 Å². The first-order valence-electron chi connectivity index (χ1n) is 13.0. The minimum atomic E-state index is -0.577. The Morgan fingerprint density at radius 2 is 1.78 bits per heavy atom. The molecule has 0 bridgehead atoms. The topological polar surface area (TPSA) is 58.6 Å². The number of piperidine rings is 1. The Morgan fingerprint density at radius 1 is 1.05 bits per heavy atom. The second kappa shape index (κ2) is 11.0. The highest BCUT2D eigenvalue weighted by Gasteiger charge is 2.41. The Labute approximate surface area is 219 Å². The van der Waals surface area contributed by atoms with Crippen LogP contribution in [0.5, 0.6) is 0 Å². The van der Waals surface area contributed by atoms with E-state index in [0.29, 0.717) is 19.4 Å². The van der Waals surface area contributed by atoms with Crippen LogP contribution in [0, 0.1) is 11.8 Å². The molecular weight excluding hydrogens is 467 g/mol. The lowest BCUT2D eigenvalue weighted by atomic mass is 9.82. The Hall–Kier alpha value is -3.25. The van der Waals surface area contributed by atoms with E-state index in [2.05, 4.69) is 32.2 Å². The SMILES string of the molecule is COC1C=C(F)C(C(=O)N2CCC[C@H](C(=O)Nc3cccc(C(C)(C)C)c3)[C@@H]2c2ccccc2)=CC1C. The van der Waals surface area contributed by atoms with Crippen LogP contribution in [-0.2, 0) is 19.7 Å². The van der Waals surface area contributed by atoms with Gasteiger partial charge < -0.3 is 15.0 Å². The molecule has 1 heterocycles. The molecule has 196 valence electrons. The number of ether oxygens (including phenoxy) is 1. The predicted molar refractivity (Wildman–Crippen MR) is 145 cm³/mol. The van der Waals surface area contributed by atoms with Gasteiger partial charge >= 0.3 is 0 Å². The van der Waals surface area contributed by atoms with Gasteiger partial charge in [0, 0.05) is 25.3 Å². The van der Waals surface area contributed by atoms with Gasteiger partial charge in [0.1, 0.15) is 5.83 Å². The zero-order valence-corrected chi connectivity index (χ0v) is 22.3. The van der Waals surface area contributed by atoms with Gasteiger partial charge in [-0.2, -0.15) is 0 Å². The van der Waals surface area contributed by atoms with Crippen molar-refractivity contribution in [3.05, 3.63) is 89.3 Å². The summed E-state index contributed by atoms with van der Waals surface area (Å²) in [6.07, 6.45) is 3.89. The highest BCUT2D eigenvalue weighted by atomic mass is 19.1. The zero-order chi connectivity index (χ0) is 26.7. The predicted octanol–water partition coefficient (Wildman–Crippen LogP) is 6.35. The van der Waals surface area contributed by atoms with Crippen LogP contribution in [0.15, 0.2) is 78.1 Å². The maximum Gasteiger partial charge on any atom is 0.257 e. The first-order valence-corrected chi connectivity index (χ1v) is 13.0. The molecule has 0 aromatic heterocycles. The lowest BCUT2D eigenvalue weighted by Gasteiger charge is -2.41. The normalized spacial score (nSPS) is 24.2. The van der Waals surface area contributed by atoms with E-state index < -0.39 is 29.8 Å². The molecule has 2 amide bonds. The minimum Gasteiger partial charge on any atom is -0.377 e. The maximum absolute atomic E-state index is 15.1. The van der Waals surface area contributed by atoms with Crippen LogP contribution in [0.3, 0.4) is 0 Å². The summed E-state index contributed by atoms with van der Waals surface area (Å²) in [6.45, 7) is 8.75. The molecule has 0 saturated carbocycles. The number of carbonyl (C=O) groups excluding carboxylic acids is 2. The summed E-state index contributed by atoms with van der Waals surface area (Å²) in [4.78, 5) is 29.1. The highest BCUT2D eigenvalue weighted by molar-refractivity contribution is 5.99. The molecule has 1 fully saturated rings. The van der Waals surface area contributed by atoms with Crippen molar-refractivity contribution >= 4 is 17.5 Å². The van der Waals surface area contributed by atoms with Gasteiger partial charge in [-0.05, 0) is 47.6 Å². The lowest BCUT2D eigenvalue weighted by Crippen LogP contribution is -2.47. The number of hydrogen-bond donors (Lipinski definition) is 1. The first kappa shape index (κ1) is 26.8. The monoisotopic (exact) mass is 504 g/mol. The number of hydrogen-bond acceptors (Lipinski definition) is 3. The fraction of sp³-hybridized carbons (Fsp3) is 0.419. The van der Waals surface area contributed by atoms with E-state index >= 15 is 4.39 Å². The molecule has 1 saturated heterocycles. The summed E-state index contributed by atoms with van der Waals surface area (Å²) in [5.74, 6) is -1.72. The number of anilines is 1. The Morgan fingerprint density at radius 3 is 2.46 bits per heavy atom. The number of amides is 2. The van der Waals surface area contributed by atoms with Crippen LogP contribution >= 0.6 is 0 Å². The van der Waals surface area contributed by atoms with Gasteiger partial charge in [0.2, 0.25) is 5.91 Å². The van der Waals surface area contributed by atoms with Crippen molar-refractivity contribution in [2.75, 3.05) is 19.0 Å². The Balaban J connectivity index is 1.65. The van der Waals surface area contributed by atoms with Gasteiger partial charge in [0.05, 0.1) is 23.6 Å². The molecule has 4 atom stereocenters. The molecular formula is C31H37FN2O3. The van der Waals surface area contributed by atoms with E-state index in [1.54, 1.807) is 11.0 Å². The molecule has 2 aromatic rings. The third-order valence-corrected chi connectivity index (χ3v) is 7.38. The van der Waals surface area contributed by atoms with Crippen molar-refractivity contribution in [2.45, 2.75) is 58.1 Å².